The number of carbonyl (C=O) groups is 2. The zero-order valence-corrected chi connectivity index (χ0v) is 17.0. The Morgan fingerprint density at radius 1 is 1.19 bits per heavy atom. The topological polar surface area (TPSA) is 102 Å². The van der Waals surface area contributed by atoms with E-state index in [2.05, 4.69) is 15.6 Å². The van der Waals surface area contributed by atoms with E-state index >= 15 is 0 Å². The van der Waals surface area contributed by atoms with Gasteiger partial charge in [0.1, 0.15) is 5.82 Å². The van der Waals surface area contributed by atoms with E-state index in [9.17, 15) is 9.59 Å². The largest absolute Gasteiger partial charge is 0.346 e. The number of amides is 2. The first-order chi connectivity index (χ1) is 11.3. The van der Waals surface area contributed by atoms with E-state index in [-0.39, 0.29) is 55.1 Å². The number of hydrogen-bond donors (Lipinski definition) is 3. The fourth-order valence-corrected chi connectivity index (χ4v) is 2.50. The van der Waals surface area contributed by atoms with Crippen molar-refractivity contribution in [2.45, 2.75) is 32.9 Å². The summed E-state index contributed by atoms with van der Waals surface area (Å²) >= 11 is 0. The molecule has 2 aromatic rings. The monoisotopic (exact) mass is 403 g/mol. The highest BCUT2D eigenvalue weighted by molar-refractivity contribution is 5.87. The molecule has 0 fully saturated rings. The number of halogens is 2. The molecule has 0 aliphatic heterocycles. The second-order valence-electron chi connectivity index (χ2n) is 6.29. The average Bonchev–Trinajstić information content (AvgIpc) is 2.89. The van der Waals surface area contributed by atoms with Crippen LogP contribution >= 0.6 is 24.8 Å². The molecule has 1 unspecified atom stereocenters. The number of para-hydroxylation sites is 2. The first-order valence-corrected chi connectivity index (χ1v) is 8.05. The van der Waals surface area contributed by atoms with Crippen LogP contribution in [0.1, 0.15) is 32.6 Å². The Labute approximate surface area is 165 Å². The summed E-state index contributed by atoms with van der Waals surface area (Å²) in [7, 11) is 1.91. The van der Waals surface area contributed by atoms with Crippen molar-refractivity contribution in [1.29, 1.82) is 0 Å². The number of nitrogens with one attached hydrogen (secondary N) is 2. The van der Waals surface area contributed by atoms with Crippen molar-refractivity contribution in [2.24, 2.45) is 18.7 Å². The van der Waals surface area contributed by atoms with Gasteiger partial charge in [-0.15, -0.1) is 24.8 Å². The number of carbonyl (C=O) groups excluding carboxylic acids is 2. The molecule has 1 aromatic carbocycles. The van der Waals surface area contributed by atoms with Crippen LogP contribution in [0.5, 0.6) is 0 Å². The lowest BCUT2D eigenvalue weighted by Gasteiger charge is -2.17. The molecule has 146 valence electrons. The summed E-state index contributed by atoms with van der Waals surface area (Å²) in [6.07, 6.45) is 0. The third kappa shape index (κ3) is 5.59. The second-order valence-corrected chi connectivity index (χ2v) is 6.29. The van der Waals surface area contributed by atoms with Gasteiger partial charge in [0.25, 0.3) is 0 Å². The molecule has 9 heteroatoms. The predicted octanol–water partition coefficient (Wildman–Crippen LogP) is 1.69. The minimum Gasteiger partial charge on any atom is -0.346 e. The Bertz CT molecular complexity index is 748. The average molecular weight is 404 g/mol. The molecule has 0 aliphatic carbocycles. The predicted molar refractivity (Wildman–Crippen MR) is 108 cm³/mol. The summed E-state index contributed by atoms with van der Waals surface area (Å²) in [4.78, 5) is 28.4. The molecule has 4 N–H and O–H groups in total. The number of aryl methyl sites for hydroxylation is 1. The SMILES string of the molecule is CC(NC(=O)CNC(=O)[C@@H](N)C(C)C)c1nc2ccccc2n1C.Cl.Cl. The van der Waals surface area contributed by atoms with Crippen LogP contribution < -0.4 is 16.4 Å². The molecule has 1 heterocycles. The van der Waals surface area contributed by atoms with Crippen LogP contribution in [0.4, 0.5) is 0 Å². The van der Waals surface area contributed by atoms with Gasteiger partial charge in [-0.05, 0) is 25.0 Å². The maximum absolute atomic E-state index is 12.0. The minimum absolute atomic E-state index is 0. The molecule has 0 bridgehead atoms. The van der Waals surface area contributed by atoms with E-state index in [1.165, 1.54) is 0 Å². The van der Waals surface area contributed by atoms with Crippen LogP contribution in [-0.2, 0) is 16.6 Å². The van der Waals surface area contributed by atoms with Crippen LogP contribution in [0, 0.1) is 5.92 Å². The normalized spacial score (nSPS) is 12.7. The lowest BCUT2D eigenvalue weighted by atomic mass is 10.1. The second kappa shape index (κ2) is 10.4. The maximum atomic E-state index is 12.0. The zero-order valence-electron chi connectivity index (χ0n) is 15.4. The van der Waals surface area contributed by atoms with Crippen LogP contribution in [0.15, 0.2) is 24.3 Å². The molecule has 0 saturated heterocycles. The number of imidazole rings is 1. The molecular weight excluding hydrogens is 377 g/mol. The summed E-state index contributed by atoms with van der Waals surface area (Å²) in [6.45, 7) is 5.48. The fourth-order valence-electron chi connectivity index (χ4n) is 2.50. The highest BCUT2D eigenvalue weighted by atomic mass is 35.5. The molecule has 1 aromatic heterocycles. The van der Waals surface area contributed by atoms with Gasteiger partial charge in [-0.3, -0.25) is 9.59 Å². The third-order valence-electron chi connectivity index (χ3n) is 4.03. The lowest BCUT2D eigenvalue weighted by molar-refractivity contribution is -0.127. The highest BCUT2D eigenvalue weighted by Gasteiger charge is 2.19. The summed E-state index contributed by atoms with van der Waals surface area (Å²) in [6, 6.07) is 6.90. The van der Waals surface area contributed by atoms with Crippen molar-refractivity contribution in [1.82, 2.24) is 20.2 Å². The van der Waals surface area contributed by atoms with Crippen LogP contribution in [0.3, 0.4) is 0 Å². The number of nitrogens with zero attached hydrogens (tertiary/aromatic N) is 2. The maximum Gasteiger partial charge on any atom is 0.239 e. The Morgan fingerprint density at radius 2 is 1.81 bits per heavy atom. The van der Waals surface area contributed by atoms with Gasteiger partial charge in [0.05, 0.1) is 29.7 Å². The third-order valence-corrected chi connectivity index (χ3v) is 4.03. The van der Waals surface area contributed by atoms with Gasteiger partial charge in [-0.1, -0.05) is 26.0 Å². The molecule has 0 saturated carbocycles. The molecule has 2 rings (SSSR count). The van der Waals surface area contributed by atoms with Crippen molar-refractivity contribution in [3.05, 3.63) is 30.1 Å². The minimum atomic E-state index is -0.616. The van der Waals surface area contributed by atoms with E-state index < -0.39 is 6.04 Å². The van der Waals surface area contributed by atoms with Gasteiger partial charge in [0.15, 0.2) is 0 Å². The first-order valence-electron chi connectivity index (χ1n) is 8.05. The van der Waals surface area contributed by atoms with E-state index in [0.29, 0.717) is 0 Å². The van der Waals surface area contributed by atoms with Gasteiger partial charge in [0, 0.05) is 7.05 Å². The number of benzene rings is 1. The van der Waals surface area contributed by atoms with Crippen molar-refractivity contribution < 1.29 is 9.59 Å². The molecule has 0 aliphatic rings. The smallest absolute Gasteiger partial charge is 0.239 e. The Kier molecular flexibility index (Phi) is 9.62. The highest BCUT2D eigenvalue weighted by Crippen LogP contribution is 2.18. The summed E-state index contributed by atoms with van der Waals surface area (Å²) in [5, 5.41) is 5.40. The zero-order chi connectivity index (χ0) is 17.9. The van der Waals surface area contributed by atoms with E-state index in [4.69, 9.17) is 5.73 Å². The summed E-state index contributed by atoms with van der Waals surface area (Å²) in [5.74, 6) is 0.177. The molecule has 7 nitrogen and oxygen atoms in total. The van der Waals surface area contributed by atoms with E-state index in [1.54, 1.807) is 0 Å². The van der Waals surface area contributed by atoms with Crippen molar-refractivity contribution in [3.8, 4) is 0 Å². The molecule has 2 atom stereocenters. The number of hydrogen-bond acceptors (Lipinski definition) is 4. The molecule has 26 heavy (non-hydrogen) atoms. The number of rotatable bonds is 6. The standard InChI is InChI=1S/C17H25N5O2.2ClH/c1-10(2)15(18)17(24)19-9-14(23)20-11(3)16-21-12-7-5-6-8-13(12)22(16)4;;/h5-8,10-11,15H,9,18H2,1-4H3,(H,19,24)(H,20,23);2*1H/t11?,15-;;/m0../s1. The summed E-state index contributed by atoms with van der Waals surface area (Å²) < 4.78 is 1.95. The van der Waals surface area contributed by atoms with Crippen LogP contribution in [0.25, 0.3) is 11.0 Å². The summed E-state index contributed by atoms with van der Waals surface area (Å²) in [5.41, 5.74) is 7.63. The first kappa shape index (κ1) is 24.2. The quantitative estimate of drug-likeness (QED) is 0.682. The van der Waals surface area contributed by atoms with Crippen LogP contribution in [0.2, 0.25) is 0 Å². The van der Waals surface area contributed by atoms with Gasteiger partial charge >= 0.3 is 0 Å². The van der Waals surface area contributed by atoms with E-state index in [0.717, 1.165) is 16.9 Å². The van der Waals surface area contributed by atoms with E-state index in [1.807, 2.05) is 56.7 Å². The van der Waals surface area contributed by atoms with Crippen molar-refractivity contribution >= 4 is 47.7 Å². The Balaban J connectivity index is 0.00000312. The van der Waals surface area contributed by atoms with Gasteiger partial charge in [0.2, 0.25) is 11.8 Å². The van der Waals surface area contributed by atoms with Crippen molar-refractivity contribution in [2.75, 3.05) is 6.54 Å². The van der Waals surface area contributed by atoms with Gasteiger partial charge in [-0.2, -0.15) is 0 Å². The fraction of sp³-hybridized carbons (Fsp3) is 0.471. The Morgan fingerprint density at radius 3 is 2.38 bits per heavy atom. The van der Waals surface area contributed by atoms with Gasteiger partial charge < -0.3 is 20.9 Å². The molecule has 2 amide bonds. The van der Waals surface area contributed by atoms with Crippen molar-refractivity contribution in [3.63, 3.8) is 0 Å². The molecule has 0 spiro atoms. The lowest BCUT2D eigenvalue weighted by Crippen LogP contribution is -2.47. The number of aromatic nitrogens is 2. The van der Waals surface area contributed by atoms with Crippen LogP contribution in [-0.4, -0.2) is 34.0 Å². The molecule has 0 radical (unpaired) electrons. The number of nitrogens with two attached hydrogens (primary N) is 1. The van der Waals surface area contributed by atoms with Gasteiger partial charge in [-0.25, -0.2) is 4.98 Å². The Hall–Kier alpha value is -1.83. The molecular formula is C17H27Cl2N5O2. The number of fused-ring (bicyclic) bond motifs is 1.